The number of nitrogens with one attached hydrogen (secondary N) is 1. The van der Waals surface area contributed by atoms with E-state index in [0.717, 1.165) is 35.9 Å². The highest BCUT2D eigenvalue weighted by Gasteiger charge is 2.25. The summed E-state index contributed by atoms with van der Waals surface area (Å²) in [5.41, 5.74) is 3.62. The summed E-state index contributed by atoms with van der Waals surface area (Å²) in [5.74, 6) is 1.00. The van der Waals surface area contributed by atoms with Gasteiger partial charge in [-0.15, -0.1) is 0 Å². The average molecular weight is 414 g/mol. The molecule has 0 saturated heterocycles. The molecule has 1 atom stereocenters. The van der Waals surface area contributed by atoms with Crippen LogP contribution in [0.5, 0.6) is 5.75 Å². The van der Waals surface area contributed by atoms with E-state index < -0.39 is 0 Å². The lowest BCUT2D eigenvalue weighted by Crippen LogP contribution is -2.23. The Morgan fingerprint density at radius 1 is 1.29 bits per heavy atom. The zero-order valence-corrected chi connectivity index (χ0v) is 14.7. The van der Waals surface area contributed by atoms with E-state index in [2.05, 4.69) is 59.1 Å². The van der Waals surface area contributed by atoms with Crippen LogP contribution in [0.3, 0.4) is 0 Å². The summed E-state index contributed by atoms with van der Waals surface area (Å²) in [6.45, 7) is 3.75. The standard InChI is InChI=1S/C17H17ClINO/c1-2-20-16(13-5-3-4-6-15(13)19)14-10-12(18)9-11-7-8-21-17(11)14/h3-6,9-10,16,20H,2,7-8H2,1H3. The molecule has 110 valence electrons. The Morgan fingerprint density at radius 3 is 2.86 bits per heavy atom. The molecular formula is C17H17ClINO. The molecule has 1 aliphatic rings. The topological polar surface area (TPSA) is 21.3 Å². The minimum atomic E-state index is 0.105. The van der Waals surface area contributed by atoms with Crippen molar-refractivity contribution in [2.24, 2.45) is 0 Å². The lowest BCUT2D eigenvalue weighted by molar-refractivity contribution is 0.350. The molecule has 3 rings (SSSR count). The molecule has 0 aromatic heterocycles. The van der Waals surface area contributed by atoms with Crippen LogP contribution in [-0.2, 0) is 6.42 Å². The van der Waals surface area contributed by atoms with Crippen LogP contribution in [0.15, 0.2) is 36.4 Å². The molecule has 1 N–H and O–H groups in total. The number of hydrogen-bond acceptors (Lipinski definition) is 2. The molecule has 1 unspecified atom stereocenters. The number of benzene rings is 2. The van der Waals surface area contributed by atoms with Gasteiger partial charge in [0.2, 0.25) is 0 Å². The van der Waals surface area contributed by atoms with Gasteiger partial charge in [-0.1, -0.05) is 36.7 Å². The van der Waals surface area contributed by atoms with Crippen LogP contribution in [0.2, 0.25) is 5.02 Å². The zero-order chi connectivity index (χ0) is 14.8. The summed E-state index contributed by atoms with van der Waals surface area (Å²) in [7, 11) is 0. The minimum absolute atomic E-state index is 0.105. The van der Waals surface area contributed by atoms with Gasteiger partial charge < -0.3 is 10.1 Å². The Morgan fingerprint density at radius 2 is 2.10 bits per heavy atom. The van der Waals surface area contributed by atoms with Crippen molar-refractivity contribution in [1.29, 1.82) is 0 Å². The summed E-state index contributed by atoms with van der Waals surface area (Å²) in [5, 5.41) is 4.35. The maximum atomic E-state index is 6.31. The summed E-state index contributed by atoms with van der Waals surface area (Å²) < 4.78 is 7.12. The van der Waals surface area contributed by atoms with E-state index >= 15 is 0 Å². The van der Waals surface area contributed by atoms with Crippen LogP contribution in [0, 0.1) is 3.57 Å². The molecule has 0 amide bonds. The van der Waals surface area contributed by atoms with Gasteiger partial charge in [-0.3, -0.25) is 0 Å². The van der Waals surface area contributed by atoms with Gasteiger partial charge in [-0.2, -0.15) is 0 Å². The van der Waals surface area contributed by atoms with Crippen molar-refractivity contribution in [1.82, 2.24) is 5.32 Å². The Balaban J connectivity index is 2.13. The van der Waals surface area contributed by atoms with Crippen LogP contribution >= 0.6 is 34.2 Å². The first-order chi connectivity index (χ1) is 10.2. The van der Waals surface area contributed by atoms with Crippen LogP contribution in [0.4, 0.5) is 0 Å². The van der Waals surface area contributed by atoms with Crippen molar-refractivity contribution in [2.45, 2.75) is 19.4 Å². The molecule has 0 radical (unpaired) electrons. The average Bonchev–Trinajstić information content (AvgIpc) is 2.93. The zero-order valence-electron chi connectivity index (χ0n) is 11.8. The second-order valence-electron chi connectivity index (χ2n) is 5.09. The van der Waals surface area contributed by atoms with Gasteiger partial charge in [-0.25, -0.2) is 0 Å². The molecule has 2 aromatic rings. The number of halogens is 2. The van der Waals surface area contributed by atoms with Crippen LogP contribution in [0.1, 0.15) is 29.7 Å². The van der Waals surface area contributed by atoms with E-state index in [0.29, 0.717) is 0 Å². The molecule has 0 aliphatic carbocycles. The summed E-state index contributed by atoms with van der Waals surface area (Å²) in [6.07, 6.45) is 0.938. The Bertz CT molecular complexity index is 659. The predicted octanol–water partition coefficient (Wildman–Crippen LogP) is 4.58. The lowest BCUT2D eigenvalue weighted by atomic mass is 9.95. The Labute approximate surface area is 144 Å². The smallest absolute Gasteiger partial charge is 0.127 e. The largest absolute Gasteiger partial charge is 0.493 e. The maximum Gasteiger partial charge on any atom is 0.127 e. The molecule has 0 saturated carbocycles. The molecule has 2 aromatic carbocycles. The Hall–Kier alpha value is -0.780. The highest BCUT2D eigenvalue weighted by molar-refractivity contribution is 14.1. The molecule has 0 fully saturated rings. The third-order valence-electron chi connectivity index (χ3n) is 3.71. The first-order valence-electron chi connectivity index (χ1n) is 7.13. The third kappa shape index (κ3) is 3.05. The number of hydrogen-bond donors (Lipinski definition) is 1. The van der Waals surface area contributed by atoms with Crippen molar-refractivity contribution in [2.75, 3.05) is 13.2 Å². The second kappa shape index (κ2) is 6.55. The maximum absolute atomic E-state index is 6.31. The molecule has 4 heteroatoms. The van der Waals surface area contributed by atoms with Crippen molar-refractivity contribution < 1.29 is 4.74 Å². The predicted molar refractivity (Wildman–Crippen MR) is 95.3 cm³/mol. The molecule has 1 heterocycles. The van der Waals surface area contributed by atoms with Gasteiger partial charge in [0.15, 0.2) is 0 Å². The van der Waals surface area contributed by atoms with Crippen molar-refractivity contribution in [3.63, 3.8) is 0 Å². The van der Waals surface area contributed by atoms with Gasteiger partial charge in [0.1, 0.15) is 5.75 Å². The fourth-order valence-electron chi connectivity index (χ4n) is 2.81. The van der Waals surface area contributed by atoms with Crippen molar-refractivity contribution in [3.8, 4) is 5.75 Å². The van der Waals surface area contributed by atoms with Gasteiger partial charge in [0, 0.05) is 20.6 Å². The van der Waals surface area contributed by atoms with Crippen LogP contribution in [0.25, 0.3) is 0 Å². The van der Waals surface area contributed by atoms with Gasteiger partial charge in [0.05, 0.1) is 12.6 Å². The quantitative estimate of drug-likeness (QED) is 0.741. The van der Waals surface area contributed by atoms with E-state index in [-0.39, 0.29) is 6.04 Å². The highest BCUT2D eigenvalue weighted by atomic mass is 127. The van der Waals surface area contributed by atoms with Crippen molar-refractivity contribution in [3.05, 3.63) is 61.7 Å². The fourth-order valence-corrected chi connectivity index (χ4v) is 3.76. The molecule has 0 bridgehead atoms. The summed E-state index contributed by atoms with van der Waals surface area (Å²) >= 11 is 8.70. The van der Waals surface area contributed by atoms with Gasteiger partial charge in [-0.05, 0) is 58.5 Å². The second-order valence-corrected chi connectivity index (χ2v) is 6.69. The van der Waals surface area contributed by atoms with E-state index in [1.54, 1.807) is 0 Å². The van der Waals surface area contributed by atoms with E-state index in [1.807, 2.05) is 12.1 Å². The number of ether oxygens (including phenoxy) is 1. The van der Waals surface area contributed by atoms with Crippen LogP contribution < -0.4 is 10.1 Å². The number of rotatable bonds is 4. The van der Waals surface area contributed by atoms with Gasteiger partial charge in [0.25, 0.3) is 0 Å². The SMILES string of the molecule is CCNC(c1ccccc1I)c1cc(Cl)cc2c1OCC2. The first kappa shape index (κ1) is 15.1. The van der Waals surface area contributed by atoms with Crippen LogP contribution in [-0.4, -0.2) is 13.2 Å². The third-order valence-corrected chi connectivity index (χ3v) is 4.91. The molecule has 0 spiro atoms. The van der Waals surface area contributed by atoms with E-state index in [1.165, 1.54) is 14.7 Å². The normalized spacial score (nSPS) is 14.6. The monoisotopic (exact) mass is 413 g/mol. The van der Waals surface area contributed by atoms with Crippen molar-refractivity contribution >= 4 is 34.2 Å². The van der Waals surface area contributed by atoms with Gasteiger partial charge >= 0.3 is 0 Å². The van der Waals surface area contributed by atoms with E-state index in [4.69, 9.17) is 16.3 Å². The first-order valence-corrected chi connectivity index (χ1v) is 8.59. The van der Waals surface area contributed by atoms with E-state index in [9.17, 15) is 0 Å². The number of fused-ring (bicyclic) bond motifs is 1. The molecule has 1 aliphatic heterocycles. The summed E-state index contributed by atoms with van der Waals surface area (Å²) in [4.78, 5) is 0. The fraction of sp³-hybridized carbons (Fsp3) is 0.294. The lowest BCUT2D eigenvalue weighted by Gasteiger charge is -2.22. The molecular weight excluding hydrogens is 397 g/mol. The Kier molecular flexibility index (Phi) is 4.72. The minimum Gasteiger partial charge on any atom is -0.493 e. The molecule has 2 nitrogen and oxygen atoms in total. The molecule has 21 heavy (non-hydrogen) atoms. The highest BCUT2D eigenvalue weighted by Crippen LogP contribution is 2.39. The summed E-state index contributed by atoms with van der Waals surface area (Å²) in [6, 6.07) is 12.6.